The monoisotopic (exact) mass is 261 g/mol. The van der Waals surface area contributed by atoms with Gasteiger partial charge in [0.05, 0.1) is 4.92 Å². The van der Waals surface area contributed by atoms with Crippen molar-refractivity contribution < 1.29 is 4.92 Å². The normalized spacial score (nSPS) is 10.4. The number of nitrogens with one attached hydrogen (secondary N) is 1. The van der Waals surface area contributed by atoms with Gasteiger partial charge in [-0.1, -0.05) is 12.1 Å². The zero-order valence-corrected chi connectivity index (χ0v) is 10.8. The minimum Gasteiger partial charge on any atom is -0.399 e. The first-order chi connectivity index (χ1) is 8.99. The predicted molar refractivity (Wildman–Crippen MR) is 72.8 cm³/mol. The molecule has 3 N–H and O–H groups in total. The van der Waals surface area contributed by atoms with Gasteiger partial charge < -0.3 is 11.1 Å². The molecular formula is C12H15N5O2. The van der Waals surface area contributed by atoms with Crippen LogP contribution in [-0.4, -0.2) is 14.7 Å². The molecule has 0 spiro atoms. The number of aromatic nitrogens is 2. The summed E-state index contributed by atoms with van der Waals surface area (Å²) in [5, 5.41) is 18.1. The van der Waals surface area contributed by atoms with E-state index in [2.05, 4.69) is 10.4 Å². The third kappa shape index (κ3) is 2.65. The topological polar surface area (TPSA) is 99.0 Å². The number of nitro groups is 1. The van der Waals surface area contributed by atoms with Gasteiger partial charge in [-0.05, 0) is 24.6 Å². The number of anilines is 2. The Morgan fingerprint density at radius 1 is 1.42 bits per heavy atom. The van der Waals surface area contributed by atoms with Crippen molar-refractivity contribution in [2.24, 2.45) is 7.05 Å². The van der Waals surface area contributed by atoms with E-state index in [1.54, 1.807) is 26.1 Å². The molecular weight excluding hydrogens is 246 g/mol. The predicted octanol–water partition coefficient (Wildman–Crippen LogP) is 1.83. The van der Waals surface area contributed by atoms with Crippen LogP contribution in [0.2, 0.25) is 0 Å². The van der Waals surface area contributed by atoms with E-state index in [-0.39, 0.29) is 5.69 Å². The van der Waals surface area contributed by atoms with Gasteiger partial charge in [0.25, 0.3) is 0 Å². The summed E-state index contributed by atoms with van der Waals surface area (Å²) in [5.41, 5.74) is 7.68. The van der Waals surface area contributed by atoms with Crippen molar-refractivity contribution >= 4 is 17.2 Å². The standard InChI is InChI=1S/C12H15N5O2/c1-8-11(17(18)19)12(16(2)15-8)14-7-9-3-5-10(13)6-4-9/h3-6,14H,7,13H2,1-2H3. The van der Waals surface area contributed by atoms with Crippen molar-refractivity contribution in [2.45, 2.75) is 13.5 Å². The highest BCUT2D eigenvalue weighted by Gasteiger charge is 2.23. The molecule has 0 saturated heterocycles. The number of benzene rings is 1. The summed E-state index contributed by atoms with van der Waals surface area (Å²) in [6, 6.07) is 7.33. The van der Waals surface area contributed by atoms with E-state index < -0.39 is 4.92 Å². The average Bonchev–Trinajstić information content (AvgIpc) is 2.63. The van der Waals surface area contributed by atoms with Crippen LogP contribution in [0.25, 0.3) is 0 Å². The van der Waals surface area contributed by atoms with Gasteiger partial charge in [0.15, 0.2) is 0 Å². The number of nitrogen functional groups attached to an aromatic ring is 1. The molecule has 0 radical (unpaired) electrons. The lowest BCUT2D eigenvalue weighted by Crippen LogP contribution is -2.06. The van der Waals surface area contributed by atoms with E-state index in [4.69, 9.17) is 5.73 Å². The number of hydrogen-bond acceptors (Lipinski definition) is 5. The Labute approximate surface area is 110 Å². The number of rotatable bonds is 4. The van der Waals surface area contributed by atoms with Crippen LogP contribution in [0.1, 0.15) is 11.3 Å². The number of nitrogens with two attached hydrogens (primary N) is 1. The van der Waals surface area contributed by atoms with Gasteiger partial charge in [0, 0.05) is 19.3 Å². The van der Waals surface area contributed by atoms with E-state index in [0.29, 0.717) is 23.7 Å². The fraction of sp³-hybridized carbons (Fsp3) is 0.250. The summed E-state index contributed by atoms with van der Waals surface area (Å²) < 4.78 is 1.48. The number of aryl methyl sites for hydroxylation is 2. The molecule has 0 saturated carbocycles. The summed E-state index contributed by atoms with van der Waals surface area (Å²) >= 11 is 0. The SMILES string of the molecule is Cc1nn(C)c(NCc2ccc(N)cc2)c1[N+](=O)[O-]. The van der Waals surface area contributed by atoms with Crippen molar-refractivity contribution in [3.05, 3.63) is 45.6 Å². The van der Waals surface area contributed by atoms with Gasteiger partial charge in [-0.3, -0.25) is 10.1 Å². The summed E-state index contributed by atoms with van der Waals surface area (Å²) in [6.07, 6.45) is 0. The van der Waals surface area contributed by atoms with Crippen molar-refractivity contribution in [1.82, 2.24) is 9.78 Å². The molecule has 0 fully saturated rings. The third-order valence-corrected chi connectivity index (χ3v) is 2.81. The average molecular weight is 261 g/mol. The van der Waals surface area contributed by atoms with Gasteiger partial charge >= 0.3 is 5.69 Å². The van der Waals surface area contributed by atoms with Crippen molar-refractivity contribution in [3.63, 3.8) is 0 Å². The second-order valence-electron chi connectivity index (χ2n) is 4.26. The Hall–Kier alpha value is -2.57. The van der Waals surface area contributed by atoms with E-state index in [1.165, 1.54) is 4.68 Å². The molecule has 0 aliphatic carbocycles. The Morgan fingerprint density at radius 2 is 2.05 bits per heavy atom. The minimum absolute atomic E-state index is 0.0120. The first kappa shape index (κ1) is 12.9. The molecule has 2 rings (SSSR count). The maximum Gasteiger partial charge on any atom is 0.333 e. The van der Waals surface area contributed by atoms with Crippen LogP contribution in [0.3, 0.4) is 0 Å². The zero-order valence-electron chi connectivity index (χ0n) is 10.8. The lowest BCUT2D eigenvalue weighted by atomic mass is 10.2. The van der Waals surface area contributed by atoms with E-state index >= 15 is 0 Å². The third-order valence-electron chi connectivity index (χ3n) is 2.81. The molecule has 0 aliphatic heterocycles. The molecule has 2 aromatic rings. The highest BCUT2D eigenvalue weighted by atomic mass is 16.6. The van der Waals surface area contributed by atoms with Gasteiger partial charge in [-0.15, -0.1) is 0 Å². The van der Waals surface area contributed by atoms with Gasteiger partial charge in [-0.2, -0.15) is 5.10 Å². The maximum absolute atomic E-state index is 11.0. The fourth-order valence-electron chi connectivity index (χ4n) is 1.88. The second-order valence-corrected chi connectivity index (χ2v) is 4.26. The van der Waals surface area contributed by atoms with Gasteiger partial charge in [0.2, 0.25) is 5.82 Å². The quantitative estimate of drug-likeness (QED) is 0.497. The molecule has 0 bridgehead atoms. The molecule has 1 aromatic heterocycles. The first-order valence-corrected chi connectivity index (χ1v) is 5.75. The van der Waals surface area contributed by atoms with Crippen LogP contribution >= 0.6 is 0 Å². The van der Waals surface area contributed by atoms with Crippen LogP contribution in [0.15, 0.2) is 24.3 Å². The molecule has 7 heteroatoms. The van der Waals surface area contributed by atoms with E-state index in [9.17, 15) is 10.1 Å². The Bertz CT molecular complexity index is 603. The molecule has 1 aromatic carbocycles. The lowest BCUT2D eigenvalue weighted by molar-refractivity contribution is -0.384. The molecule has 0 unspecified atom stereocenters. The molecule has 0 amide bonds. The molecule has 7 nitrogen and oxygen atoms in total. The summed E-state index contributed by atoms with van der Waals surface area (Å²) in [6.45, 7) is 2.09. The summed E-state index contributed by atoms with van der Waals surface area (Å²) in [4.78, 5) is 10.6. The van der Waals surface area contributed by atoms with Crippen molar-refractivity contribution in [2.75, 3.05) is 11.1 Å². The maximum atomic E-state index is 11.0. The Balaban J connectivity index is 2.20. The largest absolute Gasteiger partial charge is 0.399 e. The van der Waals surface area contributed by atoms with Crippen molar-refractivity contribution in [3.8, 4) is 0 Å². The zero-order chi connectivity index (χ0) is 14.0. The fourth-order valence-corrected chi connectivity index (χ4v) is 1.88. The van der Waals surface area contributed by atoms with Crippen LogP contribution in [0, 0.1) is 17.0 Å². The molecule has 19 heavy (non-hydrogen) atoms. The minimum atomic E-state index is -0.423. The Kier molecular flexibility index (Phi) is 3.37. The summed E-state index contributed by atoms with van der Waals surface area (Å²) in [7, 11) is 1.67. The summed E-state index contributed by atoms with van der Waals surface area (Å²) in [5.74, 6) is 0.402. The molecule has 1 heterocycles. The van der Waals surface area contributed by atoms with Crippen LogP contribution < -0.4 is 11.1 Å². The highest BCUT2D eigenvalue weighted by molar-refractivity contribution is 5.59. The number of hydrogen-bond donors (Lipinski definition) is 2. The molecule has 100 valence electrons. The lowest BCUT2D eigenvalue weighted by Gasteiger charge is -2.06. The van der Waals surface area contributed by atoms with Crippen molar-refractivity contribution in [1.29, 1.82) is 0 Å². The number of nitrogens with zero attached hydrogens (tertiary/aromatic N) is 3. The van der Waals surface area contributed by atoms with Crippen LogP contribution in [0.4, 0.5) is 17.2 Å². The first-order valence-electron chi connectivity index (χ1n) is 5.75. The van der Waals surface area contributed by atoms with E-state index in [0.717, 1.165) is 5.56 Å². The molecule has 0 atom stereocenters. The van der Waals surface area contributed by atoms with Crippen LogP contribution in [-0.2, 0) is 13.6 Å². The van der Waals surface area contributed by atoms with Crippen LogP contribution in [0.5, 0.6) is 0 Å². The second kappa shape index (κ2) is 4.97. The van der Waals surface area contributed by atoms with Gasteiger partial charge in [-0.25, -0.2) is 4.68 Å². The van der Waals surface area contributed by atoms with Gasteiger partial charge in [0.1, 0.15) is 5.69 Å². The smallest absolute Gasteiger partial charge is 0.333 e. The van der Waals surface area contributed by atoms with E-state index in [1.807, 2.05) is 12.1 Å². The molecule has 0 aliphatic rings. The Morgan fingerprint density at radius 3 is 2.63 bits per heavy atom. The highest BCUT2D eigenvalue weighted by Crippen LogP contribution is 2.27.